The Kier molecular flexibility index (Phi) is 2.91. The van der Waals surface area contributed by atoms with Crippen LogP contribution in [0.3, 0.4) is 0 Å². The summed E-state index contributed by atoms with van der Waals surface area (Å²) in [5.74, 6) is 1.08. The Morgan fingerprint density at radius 2 is 2.00 bits per heavy atom. The second kappa shape index (κ2) is 4.59. The van der Waals surface area contributed by atoms with Gasteiger partial charge in [0.2, 0.25) is 0 Å². The van der Waals surface area contributed by atoms with Gasteiger partial charge in [0.15, 0.2) is 5.82 Å². The van der Waals surface area contributed by atoms with E-state index in [-0.39, 0.29) is 0 Å². The molecule has 0 aliphatic rings. The molecule has 0 unspecified atom stereocenters. The van der Waals surface area contributed by atoms with E-state index in [0.29, 0.717) is 11.6 Å². The van der Waals surface area contributed by atoms with Crippen molar-refractivity contribution in [2.75, 3.05) is 5.73 Å². The first-order valence-corrected chi connectivity index (χ1v) is 6.59. The van der Waals surface area contributed by atoms with Gasteiger partial charge in [-0.3, -0.25) is 4.98 Å². The number of aromatic nitrogens is 3. The van der Waals surface area contributed by atoms with Crippen molar-refractivity contribution in [2.24, 2.45) is 0 Å². The van der Waals surface area contributed by atoms with E-state index in [9.17, 15) is 0 Å². The maximum atomic E-state index is 5.86. The van der Waals surface area contributed by atoms with Crippen LogP contribution in [0, 0.1) is 6.92 Å². The minimum Gasteiger partial charge on any atom is -0.383 e. The van der Waals surface area contributed by atoms with Gasteiger partial charge in [-0.1, -0.05) is 6.07 Å². The lowest BCUT2D eigenvalue weighted by molar-refractivity contribution is 1.10. The monoisotopic (exact) mass is 314 g/mol. The van der Waals surface area contributed by atoms with Gasteiger partial charge in [-0.2, -0.15) is 0 Å². The third kappa shape index (κ3) is 2.17. The number of nitrogens with two attached hydrogens (primary N) is 1. The minimum absolute atomic E-state index is 0.453. The summed E-state index contributed by atoms with van der Waals surface area (Å²) in [6.07, 6.45) is 1.78. The highest BCUT2D eigenvalue weighted by Gasteiger charge is 2.09. The molecular formula is C14H11BrN4. The molecule has 3 rings (SSSR count). The van der Waals surface area contributed by atoms with E-state index in [0.717, 1.165) is 26.6 Å². The van der Waals surface area contributed by atoms with Gasteiger partial charge in [0.25, 0.3) is 0 Å². The average Bonchev–Trinajstić information content (AvgIpc) is 2.43. The SMILES string of the molecule is Cc1nc(-c2ccc3ncccc3c2)nc(N)c1Br. The summed E-state index contributed by atoms with van der Waals surface area (Å²) < 4.78 is 0.749. The number of hydrogen-bond acceptors (Lipinski definition) is 4. The quantitative estimate of drug-likeness (QED) is 0.748. The number of rotatable bonds is 1. The van der Waals surface area contributed by atoms with Crippen LogP contribution >= 0.6 is 15.9 Å². The van der Waals surface area contributed by atoms with E-state index < -0.39 is 0 Å². The third-order valence-corrected chi connectivity index (χ3v) is 3.88. The highest BCUT2D eigenvalue weighted by atomic mass is 79.9. The maximum Gasteiger partial charge on any atom is 0.161 e. The van der Waals surface area contributed by atoms with E-state index >= 15 is 0 Å². The minimum atomic E-state index is 0.453. The first-order valence-electron chi connectivity index (χ1n) is 5.80. The molecule has 0 amide bonds. The number of benzene rings is 1. The number of hydrogen-bond donors (Lipinski definition) is 1. The van der Waals surface area contributed by atoms with E-state index in [4.69, 9.17) is 5.73 Å². The van der Waals surface area contributed by atoms with Crippen molar-refractivity contribution in [1.29, 1.82) is 0 Å². The summed E-state index contributed by atoms with van der Waals surface area (Å²) in [6, 6.07) is 9.86. The van der Waals surface area contributed by atoms with Crippen LogP contribution in [0.2, 0.25) is 0 Å². The zero-order chi connectivity index (χ0) is 13.4. The average molecular weight is 315 g/mol. The molecule has 0 bridgehead atoms. The first kappa shape index (κ1) is 12.0. The van der Waals surface area contributed by atoms with Crippen LogP contribution in [0.15, 0.2) is 41.0 Å². The molecule has 0 saturated heterocycles. The zero-order valence-electron chi connectivity index (χ0n) is 10.3. The van der Waals surface area contributed by atoms with Crippen LogP contribution in [-0.2, 0) is 0 Å². The second-order valence-electron chi connectivity index (χ2n) is 4.24. The molecule has 0 fully saturated rings. The Hall–Kier alpha value is -2.01. The topological polar surface area (TPSA) is 64.7 Å². The molecule has 2 aromatic heterocycles. The Morgan fingerprint density at radius 3 is 2.79 bits per heavy atom. The molecular weight excluding hydrogens is 304 g/mol. The Morgan fingerprint density at radius 1 is 1.16 bits per heavy atom. The largest absolute Gasteiger partial charge is 0.383 e. The van der Waals surface area contributed by atoms with Crippen LogP contribution in [0.4, 0.5) is 5.82 Å². The molecule has 0 saturated carbocycles. The standard InChI is InChI=1S/C14H11BrN4/c1-8-12(15)13(16)19-14(18-8)10-4-5-11-9(7-10)3-2-6-17-11/h2-7H,1H3,(H2,16,18,19). The molecule has 0 aliphatic heterocycles. The van der Waals surface area contributed by atoms with Gasteiger partial charge in [-0.15, -0.1) is 0 Å². The molecule has 19 heavy (non-hydrogen) atoms. The molecule has 0 spiro atoms. The Labute approximate surface area is 118 Å². The van der Waals surface area contributed by atoms with Crippen LogP contribution in [0.1, 0.15) is 5.69 Å². The number of fused-ring (bicyclic) bond motifs is 1. The Bertz CT molecular complexity index is 747. The lowest BCUT2D eigenvalue weighted by Gasteiger charge is -2.06. The molecule has 3 aromatic rings. The number of nitrogens with zero attached hydrogens (tertiary/aromatic N) is 3. The normalized spacial score (nSPS) is 10.8. The fourth-order valence-corrected chi connectivity index (χ4v) is 2.10. The molecule has 2 N–H and O–H groups in total. The molecule has 94 valence electrons. The van der Waals surface area contributed by atoms with Gasteiger partial charge < -0.3 is 5.73 Å². The Balaban J connectivity index is 2.19. The molecule has 0 atom stereocenters. The summed E-state index contributed by atoms with van der Waals surface area (Å²) >= 11 is 3.37. The van der Waals surface area contributed by atoms with Gasteiger partial charge in [-0.25, -0.2) is 9.97 Å². The van der Waals surface area contributed by atoms with Crippen molar-refractivity contribution in [3.05, 3.63) is 46.7 Å². The van der Waals surface area contributed by atoms with Crippen LogP contribution in [0.5, 0.6) is 0 Å². The molecule has 5 heteroatoms. The zero-order valence-corrected chi connectivity index (χ0v) is 11.8. The van der Waals surface area contributed by atoms with Crippen molar-refractivity contribution < 1.29 is 0 Å². The van der Waals surface area contributed by atoms with Crippen molar-refractivity contribution in [2.45, 2.75) is 6.92 Å². The fourth-order valence-electron chi connectivity index (χ4n) is 1.93. The molecule has 2 heterocycles. The molecule has 4 nitrogen and oxygen atoms in total. The van der Waals surface area contributed by atoms with Crippen molar-refractivity contribution in [1.82, 2.24) is 15.0 Å². The fraction of sp³-hybridized carbons (Fsp3) is 0.0714. The van der Waals surface area contributed by atoms with Crippen molar-refractivity contribution in [3.63, 3.8) is 0 Å². The van der Waals surface area contributed by atoms with E-state index in [1.54, 1.807) is 6.20 Å². The second-order valence-corrected chi connectivity index (χ2v) is 5.04. The van der Waals surface area contributed by atoms with E-state index in [1.807, 2.05) is 37.3 Å². The molecule has 0 aliphatic carbocycles. The smallest absolute Gasteiger partial charge is 0.161 e. The van der Waals surface area contributed by atoms with Gasteiger partial charge >= 0.3 is 0 Å². The van der Waals surface area contributed by atoms with Crippen LogP contribution < -0.4 is 5.73 Å². The maximum absolute atomic E-state index is 5.86. The predicted molar refractivity (Wildman–Crippen MR) is 79.6 cm³/mol. The van der Waals surface area contributed by atoms with Crippen LogP contribution in [0.25, 0.3) is 22.3 Å². The van der Waals surface area contributed by atoms with Gasteiger partial charge in [0.1, 0.15) is 5.82 Å². The van der Waals surface area contributed by atoms with E-state index in [1.165, 1.54) is 0 Å². The summed E-state index contributed by atoms with van der Waals surface area (Å²) in [5.41, 5.74) is 8.57. The highest BCUT2D eigenvalue weighted by Crippen LogP contribution is 2.26. The molecule has 1 aromatic carbocycles. The van der Waals surface area contributed by atoms with Gasteiger partial charge in [0.05, 0.1) is 15.7 Å². The summed E-state index contributed by atoms with van der Waals surface area (Å²) in [5, 5.41) is 1.06. The van der Waals surface area contributed by atoms with Crippen molar-refractivity contribution in [3.8, 4) is 11.4 Å². The number of nitrogen functional groups attached to an aromatic ring is 1. The van der Waals surface area contributed by atoms with Gasteiger partial charge in [-0.05, 0) is 47.1 Å². The summed E-state index contributed by atoms with van der Waals surface area (Å²) in [6.45, 7) is 1.90. The van der Waals surface area contributed by atoms with Crippen LogP contribution in [-0.4, -0.2) is 15.0 Å². The number of halogens is 1. The van der Waals surface area contributed by atoms with E-state index in [2.05, 4.69) is 30.9 Å². The lowest BCUT2D eigenvalue weighted by Crippen LogP contribution is -2.00. The lowest BCUT2D eigenvalue weighted by atomic mass is 10.1. The molecule has 0 radical (unpaired) electrons. The van der Waals surface area contributed by atoms with Gasteiger partial charge in [0, 0.05) is 17.1 Å². The first-order chi connectivity index (χ1) is 9.15. The number of aryl methyl sites for hydroxylation is 1. The number of pyridine rings is 1. The summed E-state index contributed by atoms with van der Waals surface area (Å²) in [7, 11) is 0. The highest BCUT2D eigenvalue weighted by molar-refractivity contribution is 9.10. The third-order valence-electron chi connectivity index (χ3n) is 2.90. The predicted octanol–water partition coefficient (Wildman–Crippen LogP) is 3.34. The number of anilines is 1. The van der Waals surface area contributed by atoms with Crippen molar-refractivity contribution >= 4 is 32.7 Å². The summed E-state index contributed by atoms with van der Waals surface area (Å²) in [4.78, 5) is 13.1.